The molecule has 0 saturated heterocycles. The molecule has 0 aromatic heterocycles. The summed E-state index contributed by atoms with van der Waals surface area (Å²) in [4.78, 5) is 12.2. The predicted octanol–water partition coefficient (Wildman–Crippen LogP) is 2.02. The zero-order chi connectivity index (χ0) is 16.0. The highest BCUT2D eigenvalue weighted by molar-refractivity contribution is 7.91. The van der Waals surface area contributed by atoms with E-state index < -0.39 is 21.9 Å². The fraction of sp³-hybridized carbons (Fsp3) is 0.400. The average Bonchev–Trinajstić information content (AvgIpc) is 2.38. The number of rotatable bonds is 6. The Labute approximate surface area is 126 Å². The van der Waals surface area contributed by atoms with Gasteiger partial charge in [0.15, 0.2) is 0 Å². The highest BCUT2D eigenvalue weighted by Gasteiger charge is 2.17. The summed E-state index contributed by atoms with van der Waals surface area (Å²) in [6.45, 7) is 7.55. The maximum atomic E-state index is 12.5. The largest absolute Gasteiger partial charge is 0.320 e. The van der Waals surface area contributed by atoms with E-state index in [2.05, 4.69) is 10.9 Å². The minimum atomic E-state index is -3.27. The summed E-state index contributed by atoms with van der Waals surface area (Å²) in [5.41, 5.74) is 6.66. The first kappa shape index (κ1) is 17.6. The Balaban J connectivity index is 3.06. The number of carbonyl (C=O) groups excluding carboxylic acids is 1. The molecule has 0 heterocycles. The molecule has 1 rings (SSSR count). The van der Waals surface area contributed by atoms with E-state index in [4.69, 9.17) is 10.9 Å². The van der Waals surface area contributed by atoms with E-state index in [0.29, 0.717) is 17.7 Å². The quantitative estimate of drug-likeness (QED) is 0.786. The maximum Gasteiger partial charge on any atom is 0.271 e. The van der Waals surface area contributed by atoms with Gasteiger partial charge in [-0.2, -0.15) is 0 Å². The lowest BCUT2D eigenvalue weighted by molar-refractivity contribution is -0.119. The summed E-state index contributed by atoms with van der Waals surface area (Å²) in [5, 5.41) is 5.73. The van der Waals surface area contributed by atoms with Crippen LogP contribution in [0.1, 0.15) is 25.8 Å². The van der Waals surface area contributed by atoms with Crippen molar-refractivity contribution in [1.29, 1.82) is 0 Å². The molecule has 1 amide bonds. The van der Waals surface area contributed by atoms with Crippen molar-refractivity contribution in [2.24, 2.45) is 21.2 Å². The van der Waals surface area contributed by atoms with Crippen LogP contribution in [0, 0.1) is 5.92 Å². The molecule has 0 radical (unpaired) electrons. The van der Waals surface area contributed by atoms with Gasteiger partial charge in [-0.05, 0) is 36.5 Å². The normalized spacial score (nSPS) is 15.3. The number of allylic oxidation sites excluding steroid dienone is 1. The van der Waals surface area contributed by atoms with Crippen LogP contribution in [0.4, 0.5) is 0 Å². The van der Waals surface area contributed by atoms with Gasteiger partial charge in [0.1, 0.15) is 9.92 Å². The van der Waals surface area contributed by atoms with Gasteiger partial charge in [0, 0.05) is 0 Å². The van der Waals surface area contributed by atoms with E-state index in [0.717, 1.165) is 5.56 Å². The smallest absolute Gasteiger partial charge is 0.271 e. The van der Waals surface area contributed by atoms with Gasteiger partial charge in [0.05, 0.1) is 10.9 Å². The lowest BCUT2D eigenvalue weighted by Gasteiger charge is -2.11. The molecule has 5 nitrogen and oxygen atoms in total. The van der Waals surface area contributed by atoms with Crippen molar-refractivity contribution in [3.63, 3.8) is 0 Å². The van der Waals surface area contributed by atoms with Crippen LogP contribution < -0.4 is 10.9 Å². The Kier molecular flexibility index (Phi) is 6.26. The van der Waals surface area contributed by atoms with Crippen molar-refractivity contribution in [3.8, 4) is 0 Å². The van der Waals surface area contributed by atoms with Crippen molar-refractivity contribution in [3.05, 3.63) is 42.5 Å². The fourth-order valence-electron chi connectivity index (χ4n) is 1.88. The van der Waals surface area contributed by atoms with Crippen LogP contribution in [0.2, 0.25) is 0 Å². The monoisotopic (exact) mass is 309 g/mol. The van der Waals surface area contributed by atoms with E-state index >= 15 is 0 Å². The lowest BCUT2D eigenvalue weighted by atomic mass is 10.0. The van der Waals surface area contributed by atoms with Gasteiger partial charge >= 0.3 is 0 Å². The van der Waals surface area contributed by atoms with Gasteiger partial charge in [-0.3, -0.25) is 4.79 Å². The molecule has 4 N–H and O–H groups in total. The van der Waals surface area contributed by atoms with Crippen molar-refractivity contribution >= 4 is 15.8 Å². The Bertz CT molecular complexity index is 632. The van der Waals surface area contributed by atoms with Crippen molar-refractivity contribution in [1.82, 2.24) is 0 Å². The molecule has 2 unspecified atom stereocenters. The number of nitrogens with zero attached hydrogens (tertiary/aromatic N) is 1. The van der Waals surface area contributed by atoms with E-state index in [1.54, 1.807) is 24.3 Å². The Morgan fingerprint density at radius 1 is 1.48 bits per heavy atom. The molecule has 2 atom stereocenters. The summed E-state index contributed by atoms with van der Waals surface area (Å²) >= 11 is 0. The average molecular weight is 309 g/mol. The predicted molar refractivity (Wildman–Crippen MR) is 85.8 cm³/mol. The first-order chi connectivity index (χ1) is 9.76. The van der Waals surface area contributed by atoms with Crippen LogP contribution in [0.3, 0.4) is 0 Å². The minimum Gasteiger partial charge on any atom is -0.320 e. The molecule has 1 aromatic carbocycles. The summed E-state index contributed by atoms with van der Waals surface area (Å²) in [6, 6.07) is 6.10. The SMILES string of the molecule is C=CCc1cccc(S(N)(=O)=NC(=O)C(N)CC(C)C)c1. The molecular weight excluding hydrogens is 286 g/mol. The summed E-state index contributed by atoms with van der Waals surface area (Å²) < 4.78 is 16.1. The summed E-state index contributed by atoms with van der Waals surface area (Å²) in [7, 11) is -3.27. The second-order valence-corrected chi connectivity index (χ2v) is 7.17. The number of carbonyl (C=O) groups is 1. The second-order valence-electron chi connectivity index (χ2n) is 5.37. The molecule has 116 valence electrons. The Morgan fingerprint density at radius 2 is 2.14 bits per heavy atom. The van der Waals surface area contributed by atoms with E-state index in [9.17, 15) is 9.00 Å². The molecule has 0 bridgehead atoms. The highest BCUT2D eigenvalue weighted by atomic mass is 32.2. The first-order valence-electron chi connectivity index (χ1n) is 6.80. The van der Waals surface area contributed by atoms with Crippen LogP contribution in [0.15, 0.2) is 46.2 Å². The van der Waals surface area contributed by atoms with Gasteiger partial charge in [-0.1, -0.05) is 32.1 Å². The van der Waals surface area contributed by atoms with E-state index in [1.807, 2.05) is 19.9 Å². The minimum absolute atomic E-state index is 0.254. The fourth-order valence-corrected chi connectivity index (χ4v) is 2.99. The highest BCUT2D eigenvalue weighted by Crippen LogP contribution is 2.14. The summed E-state index contributed by atoms with van der Waals surface area (Å²) in [5.74, 6) is -0.366. The molecule has 0 fully saturated rings. The topological polar surface area (TPSA) is 98.5 Å². The number of hydrogen-bond acceptors (Lipinski definition) is 3. The van der Waals surface area contributed by atoms with Crippen LogP contribution in [-0.4, -0.2) is 16.2 Å². The van der Waals surface area contributed by atoms with E-state index in [-0.39, 0.29) is 5.92 Å². The van der Waals surface area contributed by atoms with Crippen LogP contribution in [0.5, 0.6) is 0 Å². The molecule has 0 aliphatic heterocycles. The Morgan fingerprint density at radius 3 is 2.71 bits per heavy atom. The summed E-state index contributed by atoms with van der Waals surface area (Å²) in [6.07, 6.45) is 2.84. The number of hydrogen-bond donors (Lipinski definition) is 2. The number of nitrogens with two attached hydrogens (primary N) is 2. The molecule has 1 aromatic rings. The van der Waals surface area contributed by atoms with Gasteiger partial charge in [-0.25, -0.2) is 9.35 Å². The van der Waals surface area contributed by atoms with E-state index in [1.165, 1.54) is 0 Å². The zero-order valence-corrected chi connectivity index (χ0v) is 13.3. The van der Waals surface area contributed by atoms with Crippen molar-refractivity contribution < 1.29 is 9.00 Å². The molecule has 21 heavy (non-hydrogen) atoms. The Hall–Kier alpha value is -1.50. The third-order valence-corrected chi connectivity index (χ3v) is 4.26. The van der Waals surface area contributed by atoms with Gasteiger partial charge < -0.3 is 5.73 Å². The zero-order valence-electron chi connectivity index (χ0n) is 12.5. The molecule has 6 heteroatoms. The molecule has 0 aliphatic carbocycles. The first-order valence-corrected chi connectivity index (χ1v) is 8.38. The number of amides is 1. The maximum absolute atomic E-state index is 12.5. The third-order valence-electron chi connectivity index (χ3n) is 2.88. The van der Waals surface area contributed by atoms with Crippen molar-refractivity contribution in [2.75, 3.05) is 0 Å². The second kappa shape index (κ2) is 7.49. The van der Waals surface area contributed by atoms with Crippen LogP contribution >= 0.6 is 0 Å². The third kappa shape index (κ3) is 5.41. The molecular formula is C15H23N3O2S. The molecule has 0 saturated carbocycles. The lowest BCUT2D eigenvalue weighted by Crippen LogP contribution is -2.32. The standard InChI is InChI=1S/C15H23N3O2S/c1-4-6-12-7-5-8-13(10-12)21(17,20)18-15(19)14(16)9-11(2)3/h4-5,7-8,10-11,14H,1,6,9,16H2,2-3H3,(H2,17,18,19,20). The van der Waals surface area contributed by atoms with Crippen LogP contribution in [-0.2, 0) is 21.1 Å². The molecule has 0 aliphatic rings. The number of benzene rings is 1. The van der Waals surface area contributed by atoms with Gasteiger partial charge in [0.2, 0.25) is 0 Å². The van der Waals surface area contributed by atoms with Gasteiger partial charge in [-0.15, -0.1) is 10.9 Å². The van der Waals surface area contributed by atoms with Crippen LogP contribution in [0.25, 0.3) is 0 Å². The van der Waals surface area contributed by atoms with Crippen molar-refractivity contribution in [2.45, 2.75) is 37.6 Å². The molecule has 0 spiro atoms. The van der Waals surface area contributed by atoms with Gasteiger partial charge in [0.25, 0.3) is 5.91 Å².